The molecule has 0 aliphatic heterocycles. The Hall–Kier alpha value is -3.59. The Kier molecular flexibility index (Phi) is 7.45. The van der Waals surface area contributed by atoms with Crippen molar-refractivity contribution in [1.82, 2.24) is 4.98 Å². The zero-order valence-electron chi connectivity index (χ0n) is 16.7. The Bertz CT molecular complexity index is 1070. The van der Waals surface area contributed by atoms with Crippen LogP contribution in [0.15, 0.2) is 53.9 Å². The second kappa shape index (κ2) is 10.4. The first-order chi connectivity index (χ1) is 14.9. The minimum Gasteiger partial charge on any atom is -0.462 e. The summed E-state index contributed by atoms with van der Waals surface area (Å²) in [6.07, 6.45) is 0.602. The third-order valence-corrected chi connectivity index (χ3v) is 4.97. The van der Waals surface area contributed by atoms with E-state index in [-0.39, 0.29) is 18.2 Å². The van der Waals surface area contributed by atoms with Crippen molar-refractivity contribution in [3.63, 3.8) is 0 Å². The number of nitrogens with one attached hydrogen (secondary N) is 2. The van der Waals surface area contributed by atoms with E-state index < -0.39 is 11.8 Å². The van der Waals surface area contributed by atoms with Crippen molar-refractivity contribution in [1.29, 1.82) is 0 Å². The van der Waals surface area contributed by atoms with Crippen LogP contribution in [0.4, 0.5) is 15.2 Å². The fourth-order valence-corrected chi connectivity index (χ4v) is 3.36. The molecule has 3 aromatic rings. The van der Waals surface area contributed by atoms with Crippen molar-refractivity contribution in [2.75, 3.05) is 17.2 Å². The Morgan fingerprint density at radius 3 is 2.35 bits per heavy atom. The highest BCUT2D eigenvalue weighted by molar-refractivity contribution is 7.14. The number of halogens is 1. The Morgan fingerprint density at radius 1 is 1.00 bits per heavy atom. The van der Waals surface area contributed by atoms with E-state index in [9.17, 15) is 18.8 Å². The van der Waals surface area contributed by atoms with Gasteiger partial charge in [-0.2, -0.15) is 0 Å². The minimum absolute atomic E-state index is 0.200. The van der Waals surface area contributed by atoms with E-state index in [0.29, 0.717) is 40.7 Å². The number of hydrogen-bond acceptors (Lipinski definition) is 6. The van der Waals surface area contributed by atoms with E-state index in [4.69, 9.17) is 4.74 Å². The van der Waals surface area contributed by atoms with Gasteiger partial charge in [-0.1, -0.05) is 0 Å². The molecule has 7 nitrogen and oxygen atoms in total. The molecule has 9 heteroatoms. The molecular weight excluding hydrogens is 421 g/mol. The molecule has 0 fully saturated rings. The van der Waals surface area contributed by atoms with Gasteiger partial charge in [0.1, 0.15) is 5.82 Å². The molecule has 2 aromatic carbocycles. The number of rotatable bonds is 8. The molecule has 0 spiro atoms. The molecule has 0 saturated carbocycles. The number of thiazole rings is 1. The predicted octanol–water partition coefficient (Wildman–Crippen LogP) is 4.28. The highest BCUT2D eigenvalue weighted by Crippen LogP contribution is 2.18. The van der Waals surface area contributed by atoms with Gasteiger partial charge in [0.05, 0.1) is 17.9 Å². The number of carbonyl (C=O) groups excluding carboxylic acids is 3. The van der Waals surface area contributed by atoms with E-state index in [0.717, 1.165) is 0 Å². The van der Waals surface area contributed by atoms with Gasteiger partial charge in [0.2, 0.25) is 5.91 Å². The topological polar surface area (TPSA) is 97.4 Å². The number of hydrogen-bond donors (Lipinski definition) is 2. The number of aromatic nitrogens is 1. The first kappa shape index (κ1) is 22.1. The lowest BCUT2D eigenvalue weighted by Gasteiger charge is -2.06. The van der Waals surface area contributed by atoms with Crippen LogP contribution < -0.4 is 10.6 Å². The monoisotopic (exact) mass is 441 g/mol. The molecule has 0 aliphatic rings. The fourth-order valence-electron chi connectivity index (χ4n) is 2.62. The Morgan fingerprint density at radius 2 is 1.68 bits per heavy atom. The maximum absolute atomic E-state index is 13.0. The van der Waals surface area contributed by atoms with Crippen LogP contribution >= 0.6 is 11.3 Å². The lowest BCUT2D eigenvalue weighted by atomic mass is 10.2. The minimum atomic E-state index is -0.415. The summed E-state index contributed by atoms with van der Waals surface area (Å²) in [5.74, 6) is -1.41. The van der Waals surface area contributed by atoms with Gasteiger partial charge in [-0.05, 0) is 61.9 Å². The average Bonchev–Trinajstić information content (AvgIpc) is 3.20. The number of carbonyl (C=O) groups is 3. The molecule has 0 saturated heterocycles. The van der Waals surface area contributed by atoms with Crippen LogP contribution in [0.25, 0.3) is 0 Å². The first-order valence-corrected chi connectivity index (χ1v) is 10.4. The standard InChI is InChI=1S/C22H20FN3O4S/c1-2-30-21(29)15-5-9-17(10-6-15)24-19(27)12-11-18-13-31-22(25-18)26-20(28)14-3-7-16(23)8-4-14/h3-10,13H,2,11-12H2,1H3,(H,24,27)(H,25,26,28). The molecule has 3 rings (SSSR count). The third kappa shape index (κ3) is 6.45. The zero-order chi connectivity index (χ0) is 22.2. The number of nitrogens with zero attached hydrogens (tertiary/aromatic N) is 1. The van der Waals surface area contributed by atoms with Gasteiger partial charge in [0.15, 0.2) is 5.13 Å². The molecule has 160 valence electrons. The van der Waals surface area contributed by atoms with Gasteiger partial charge in [-0.3, -0.25) is 14.9 Å². The predicted molar refractivity (Wildman–Crippen MR) is 116 cm³/mol. The summed E-state index contributed by atoms with van der Waals surface area (Å²) < 4.78 is 17.9. The van der Waals surface area contributed by atoms with Crippen LogP contribution in [0.5, 0.6) is 0 Å². The summed E-state index contributed by atoms with van der Waals surface area (Å²) in [7, 11) is 0. The highest BCUT2D eigenvalue weighted by atomic mass is 32.1. The Labute approximate surface area is 182 Å². The summed E-state index contributed by atoms with van der Waals surface area (Å²) in [6.45, 7) is 2.03. The third-order valence-electron chi connectivity index (χ3n) is 4.17. The van der Waals surface area contributed by atoms with Crippen LogP contribution in [-0.2, 0) is 16.0 Å². The Balaban J connectivity index is 1.47. The van der Waals surface area contributed by atoms with Crippen molar-refractivity contribution in [2.45, 2.75) is 19.8 Å². The second-order valence-electron chi connectivity index (χ2n) is 6.45. The van der Waals surface area contributed by atoms with Crippen molar-refractivity contribution in [3.05, 3.63) is 76.5 Å². The van der Waals surface area contributed by atoms with Crippen molar-refractivity contribution >= 4 is 39.9 Å². The molecule has 0 aliphatic carbocycles. The molecule has 1 aromatic heterocycles. The van der Waals surface area contributed by atoms with E-state index in [1.165, 1.54) is 35.6 Å². The number of amides is 2. The van der Waals surface area contributed by atoms with Gasteiger partial charge in [-0.25, -0.2) is 14.2 Å². The van der Waals surface area contributed by atoms with Gasteiger partial charge < -0.3 is 10.1 Å². The van der Waals surface area contributed by atoms with Crippen LogP contribution in [-0.4, -0.2) is 29.4 Å². The molecule has 31 heavy (non-hydrogen) atoms. The summed E-state index contributed by atoms with van der Waals surface area (Å²) in [4.78, 5) is 40.3. The largest absolute Gasteiger partial charge is 0.462 e. The summed E-state index contributed by atoms with van der Waals surface area (Å²) in [6, 6.07) is 11.7. The smallest absolute Gasteiger partial charge is 0.338 e. The van der Waals surface area contributed by atoms with Crippen LogP contribution in [0.2, 0.25) is 0 Å². The van der Waals surface area contributed by atoms with Gasteiger partial charge in [0.25, 0.3) is 5.91 Å². The number of benzene rings is 2. The highest BCUT2D eigenvalue weighted by Gasteiger charge is 2.11. The van der Waals surface area contributed by atoms with Gasteiger partial charge in [-0.15, -0.1) is 11.3 Å². The van der Waals surface area contributed by atoms with E-state index >= 15 is 0 Å². The van der Waals surface area contributed by atoms with Gasteiger partial charge in [0, 0.05) is 23.1 Å². The molecule has 1 heterocycles. The van der Waals surface area contributed by atoms with Crippen molar-refractivity contribution in [3.8, 4) is 0 Å². The lowest BCUT2D eigenvalue weighted by Crippen LogP contribution is -2.13. The van der Waals surface area contributed by atoms with Crippen LogP contribution in [0.1, 0.15) is 39.8 Å². The van der Waals surface area contributed by atoms with E-state index in [1.807, 2.05) is 0 Å². The van der Waals surface area contributed by atoms with Gasteiger partial charge >= 0.3 is 5.97 Å². The number of anilines is 2. The zero-order valence-corrected chi connectivity index (χ0v) is 17.5. The summed E-state index contributed by atoms with van der Waals surface area (Å²) >= 11 is 1.25. The summed E-state index contributed by atoms with van der Waals surface area (Å²) in [5.41, 5.74) is 1.99. The molecular formula is C22H20FN3O4S. The van der Waals surface area contributed by atoms with E-state index in [2.05, 4.69) is 15.6 Å². The molecule has 0 radical (unpaired) electrons. The molecule has 0 bridgehead atoms. The summed E-state index contributed by atoms with van der Waals surface area (Å²) in [5, 5.41) is 7.58. The SMILES string of the molecule is CCOC(=O)c1ccc(NC(=O)CCc2csc(NC(=O)c3ccc(F)cc3)n2)cc1. The normalized spacial score (nSPS) is 10.4. The molecule has 0 atom stereocenters. The molecule has 0 unspecified atom stereocenters. The van der Waals surface area contributed by atoms with Crippen LogP contribution in [0.3, 0.4) is 0 Å². The van der Waals surface area contributed by atoms with Crippen molar-refractivity contribution in [2.24, 2.45) is 0 Å². The number of ether oxygens (including phenoxy) is 1. The number of esters is 1. The maximum atomic E-state index is 13.0. The lowest BCUT2D eigenvalue weighted by molar-refractivity contribution is -0.116. The molecule has 2 N–H and O–H groups in total. The quantitative estimate of drug-likeness (QED) is 0.509. The fraction of sp³-hybridized carbons (Fsp3) is 0.182. The maximum Gasteiger partial charge on any atom is 0.338 e. The number of aryl methyl sites for hydroxylation is 1. The second-order valence-corrected chi connectivity index (χ2v) is 7.31. The van der Waals surface area contributed by atoms with Crippen molar-refractivity contribution < 1.29 is 23.5 Å². The van der Waals surface area contributed by atoms with Crippen LogP contribution in [0, 0.1) is 5.82 Å². The average molecular weight is 441 g/mol. The molecule has 2 amide bonds. The van der Waals surface area contributed by atoms with E-state index in [1.54, 1.807) is 36.6 Å². The first-order valence-electron chi connectivity index (χ1n) is 9.53.